The lowest BCUT2D eigenvalue weighted by Gasteiger charge is -2.13. The molecule has 0 radical (unpaired) electrons. The number of benzene rings is 1. The van der Waals surface area contributed by atoms with Gasteiger partial charge >= 0.3 is 0 Å². The Morgan fingerprint density at radius 2 is 2.06 bits per heavy atom. The highest BCUT2D eigenvalue weighted by molar-refractivity contribution is 5.54. The van der Waals surface area contributed by atoms with E-state index in [1.807, 2.05) is 18.2 Å². The molecule has 0 unspecified atom stereocenters. The van der Waals surface area contributed by atoms with Crippen molar-refractivity contribution in [1.29, 1.82) is 0 Å². The molecule has 0 aliphatic carbocycles. The van der Waals surface area contributed by atoms with Crippen LogP contribution >= 0.6 is 0 Å². The standard InChI is InChI=1S/C14H23NO3/c1-11(2)6-7-15-12-4-5-13(17-3)14(10-12)18-9-8-16/h4-5,10-11,15-16H,6-9H2,1-3H3. The van der Waals surface area contributed by atoms with Gasteiger partial charge in [0.1, 0.15) is 6.61 Å². The van der Waals surface area contributed by atoms with E-state index >= 15 is 0 Å². The van der Waals surface area contributed by atoms with Crippen LogP contribution in [0.2, 0.25) is 0 Å². The van der Waals surface area contributed by atoms with Crippen molar-refractivity contribution in [2.45, 2.75) is 20.3 Å². The number of methoxy groups -OCH3 is 1. The first-order valence-corrected chi connectivity index (χ1v) is 6.33. The van der Waals surface area contributed by atoms with Gasteiger partial charge in [-0.1, -0.05) is 13.8 Å². The van der Waals surface area contributed by atoms with Gasteiger partial charge in [0.15, 0.2) is 11.5 Å². The normalized spacial score (nSPS) is 10.5. The molecule has 0 heterocycles. The summed E-state index contributed by atoms with van der Waals surface area (Å²) in [5, 5.41) is 12.1. The van der Waals surface area contributed by atoms with E-state index < -0.39 is 0 Å². The lowest BCUT2D eigenvalue weighted by atomic mass is 10.1. The minimum Gasteiger partial charge on any atom is -0.493 e. The molecule has 0 saturated heterocycles. The van der Waals surface area contributed by atoms with Crippen molar-refractivity contribution < 1.29 is 14.6 Å². The maximum absolute atomic E-state index is 8.78. The van der Waals surface area contributed by atoms with Crippen LogP contribution < -0.4 is 14.8 Å². The van der Waals surface area contributed by atoms with Gasteiger partial charge in [0.25, 0.3) is 0 Å². The molecule has 0 aliphatic heterocycles. The molecule has 102 valence electrons. The van der Waals surface area contributed by atoms with E-state index in [-0.39, 0.29) is 13.2 Å². The van der Waals surface area contributed by atoms with Gasteiger partial charge in [-0.15, -0.1) is 0 Å². The average molecular weight is 253 g/mol. The fraction of sp³-hybridized carbons (Fsp3) is 0.571. The van der Waals surface area contributed by atoms with E-state index in [0.29, 0.717) is 17.4 Å². The van der Waals surface area contributed by atoms with E-state index in [2.05, 4.69) is 19.2 Å². The van der Waals surface area contributed by atoms with Crippen LogP contribution in [0.4, 0.5) is 5.69 Å². The van der Waals surface area contributed by atoms with E-state index in [0.717, 1.165) is 18.7 Å². The number of rotatable bonds is 8. The monoisotopic (exact) mass is 253 g/mol. The topological polar surface area (TPSA) is 50.7 Å². The van der Waals surface area contributed by atoms with Gasteiger partial charge in [-0.2, -0.15) is 0 Å². The van der Waals surface area contributed by atoms with Crippen LogP contribution in [0.25, 0.3) is 0 Å². The molecule has 0 spiro atoms. The summed E-state index contributed by atoms with van der Waals surface area (Å²) in [7, 11) is 1.60. The Labute approximate surface area is 109 Å². The van der Waals surface area contributed by atoms with Crippen molar-refractivity contribution in [1.82, 2.24) is 0 Å². The summed E-state index contributed by atoms with van der Waals surface area (Å²) in [6, 6.07) is 5.73. The minimum atomic E-state index is -0.00579. The third-order valence-corrected chi connectivity index (χ3v) is 2.56. The molecule has 0 aromatic heterocycles. The second-order valence-corrected chi connectivity index (χ2v) is 4.55. The lowest BCUT2D eigenvalue weighted by molar-refractivity contribution is 0.196. The van der Waals surface area contributed by atoms with Gasteiger partial charge in [-0.25, -0.2) is 0 Å². The van der Waals surface area contributed by atoms with E-state index in [1.54, 1.807) is 7.11 Å². The number of hydrogen-bond donors (Lipinski definition) is 2. The number of aliphatic hydroxyl groups excluding tert-OH is 1. The minimum absolute atomic E-state index is 0.00579. The molecule has 0 atom stereocenters. The van der Waals surface area contributed by atoms with Crippen LogP contribution in [0.15, 0.2) is 18.2 Å². The van der Waals surface area contributed by atoms with Gasteiger partial charge in [0.05, 0.1) is 13.7 Å². The Balaban J connectivity index is 2.63. The third-order valence-electron chi connectivity index (χ3n) is 2.56. The molecule has 4 nitrogen and oxygen atoms in total. The average Bonchev–Trinajstić information content (AvgIpc) is 2.36. The van der Waals surface area contributed by atoms with Gasteiger partial charge in [0.2, 0.25) is 0 Å². The summed E-state index contributed by atoms with van der Waals surface area (Å²) in [5.74, 6) is 2.01. The largest absolute Gasteiger partial charge is 0.493 e. The second kappa shape index (κ2) is 7.82. The molecule has 0 fully saturated rings. The number of hydrogen-bond acceptors (Lipinski definition) is 4. The fourth-order valence-electron chi connectivity index (χ4n) is 1.56. The first kappa shape index (κ1) is 14.6. The van der Waals surface area contributed by atoms with E-state index in [1.165, 1.54) is 0 Å². The van der Waals surface area contributed by atoms with E-state index in [4.69, 9.17) is 14.6 Å². The highest BCUT2D eigenvalue weighted by Crippen LogP contribution is 2.30. The summed E-state index contributed by atoms with van der Waals surface area (Å²) >= 11 is 0. The maximum Gasteiger partial charge on any atom is 0.163 e. The second-order valence-electron chi connectivity index (χ2n) is 4.55. The van der Waals surface area contributed by atoms with Gasteiger partial charge in [-0.05, 0) is 24.5 Å². The SMILES string of the molecule is COc1ccc(NCCC(C)C)cc1OCCO. The van der Waals surface area contributed by atoms with Crippen molar-refractivity contribution in [3.63, 3.8) is 0 Å². The van der Waals surface area contributed by atoms with Crippen LogP contribution in [-0.2, 0) is 0 Å². The summed E-state index contributed by atoms with van der Waals surface area (Å²) in [6.45, 7) is 5.60. The molecule has 4 heteroatoms. The highest BCUT2D eigenvalue weighted by Gasteiger charge is 2.05. The number of ether oxygens (including phenoxy) is 2. The zero-order chi connectivity index (χ0) is 13.4. The molecule has 0 amide bonds. The van der Waals surface area contributed by atoms with Crippen molar-refractivity contribution in [3.05, 3.63) is 18.2 Å². The summed E-state index contributed by atoms with van der Waals surface area (Å²) in [4.78, 5) is 0. The molecule has 1 aromatic carbocycles. The van der Waals surface area contributed by atoms with Crippen LogP contribution in [-0.4, -0.2) is 32.0 Å². The summed E-state index contributed by atoms with van der Waals surface area (Å²) in [5.41, 5.74) is 1.00. The Morgan fingerprint density at radius 3 is 2.67 bits per heavy atom. The molecule has 18 heavy (non-hydrogen) atoms. The predicted octanol–water partition coefficient (Wildman–Crippen LogP) is 2.52. The highest BCUT2D eigenvalue weighted by atomic mass is 16.5. The van der Waals surface area contributed by atoms with Gasteiger partial charge in [0, 0.05) is 18.3 Å². The smallest absolute Gasteiger partial charge is 0.163 e. The van der Waals surface area contributed by atoms with Crippen molar-refractivity contribution in [2.75, 3.05) is 32.2 Å². The Morgan fingerprint density at radius 1 is 1.28 bits per heavy atom. The number of aliphatic hydroxyl groups is 1. The summed E-state index contributed by atoms with van der Waals surface area (Å²) in [6.07, 6.45) is 1.12. The molecule has 1 rings (SSSR count). The van der Waals surface area contributed by atoms with Crippen LogP contribution in [0, 0.1) is 5.92 Å². The number of nitrogens with one attached hydrogen (secondary N) is 1. The Hall–Kier alpha value is -1.42. The van der Waals surface area contributed by atoms with Crippen LogP contribution in [0.3, 0.4) is 0 Å². The Kier molecular flexibility index (Phi) is 6.36. The van der Waals surface area contributed by atoms with Gasteiger partial charge in [-0.3, -0.25) is 0 Å². The van der Waals surface area contributed by atoms with Crippen LogP contribution in [0.5, 0.6) is 11.5 Å². The first-order chi connectivity index (χ1) is 8.67. The molecule has 1 aromatic rings. The van der Waals surface area contributed by atoms with Crippen molar-refractivity contribution in [3.8, 4) is 11.5 Å². The molecule has 0 saturated carbocycles. The van der Waals surface area contributed by atoms with E-state index in [9.17, 15) is 0 Å². The third kappa shape index (κ3) is 4.84. The Bertz CT molecular complexity index is 353. The van der Waals surface area contributed by atoms with Gasteiger partial charge < -0.3 is 19.9 Å². The van der Waals surface area contributed by atoms with Crippen molar-refractivity contribution >= 4 is 5.69 Å². The van der Waals surface area contributed by atoms with Crippen molar-refractivity contribution in [2.24, 2.45) is 5.92 Å². The number of anilines is 1. The molecular weight excluding hydrogens is 230 g/mol. The quantitative estimate of drug-likeness (QED) is 0.747. The molecular formula is C14H23NO3. The lowest BCUT2D eigenvalue weighted by Crippen LogP contribution is -2.06. The molecule has 2 N–H and O–H groups in total. The summed E-state index contributed by atoms with van der Waals surface area (Å²) < 4.78 is 10.6. The first-order valence-electron chi connectivity index (χ1n) is 6.33. The molecule has 0 bridgehead atoms. The maximum atomic E-state index is 8.78. The molecule has 0 aliphatic rings. The van der Waals surface area contributed by atoms with Crippen LogP contribution in [0.1, 0.15) is 20.3 Å². The zero-order valence-corrected chi connectivity index (χ0v) is 11.4. The zero-order valence-electron chi connectivity index (χ0n) is 11.4. The predicted molar refractivity (Wildman–Crippen MR) is 73.5 cm³/mol. The fourth-order valence-corrected chi connectivity index (χ4v) is 1.56.